The zero-order valence-electron chi connectivity index (χ0n) is 8.55. The Morgan fingerprint density at radius 2 is 2.07 bits per heavy atom. The number of para-hydroxylation sites is 1. The SMILES string of the molecule is CSc1cc(CN)n(-c2ccccc2)n1. The molecule has 0 unspecified atom stereocenters. The van der Waals surface area contributed by atoms with Gasteiger partial charge >= 0.3 is 0 Å². The maximum Gasteiger partial charge on any atom is 0.119 e. The van der Waals surface area contributed by atoms with Gasteiger partial charge in [0.1, 0.15) is 5.03 Å². The van der Waals surface area contributed by atoms with Crippen molar-refractivity contribution in [3.05, 3.63) is 42.1 Å². The van der Waals surface area contributed by atoms with E-state index in [0.29, 0.717) is 6.54 Å². The molecule has 3 nitrogen and oxygen atoms in total. The van der Waals surface area contributed by atoms with Crippen LogP contribution in [0.3, 0.4) is 0 Å². The zero-order chi connectivity index (χ0) is 10.7. The van der Waals surface area contributed by atoms with Gasteiger partial charge in [-0.2, -0.15) is 5.10 Å². The van der Waals surface area contributed by atoms with Crippen molar-refractivity contribution < 1.29 is 0 Å². The predicted octanol–water partition coefficient (Wildman–Crippen LogP) is 2.05. The van der Waals surface area contributed by atoms with Gasteiger partial charge in [0.05, 0.1) is 11.4 Å². The highest BCUT2D eigenvalue weighted by Gasteiger charge is 2.06. The van der Waals surface area contributed by atoms with Gasteiger partial charge in [0.2, 0.25) is 0 Å². The molecule has 1 aromatic carbocycles. The molecule has 0 aliphatic carbocycles. The highest BCUT2D eigenvalue weighted by molar-refractivity contribution is 7.98. The molecule has 0 saturated heterocycles. The lowest BCUT2D eigenvalue weighted by Gasteiger charge is -2.04. The molecule has 1 heterocycles. The largest absolute Gasteiger partial charge is 0.325 e. The third kappa shape index (κ3) is 2.06. The van der Waals surface area contributed by atoms with E-state index in [9.17, 15) is 0 Å². The molecular formula is C11H13N3S. The molecule has 2 aromatic rings. The van der Waals surface area contributed by atoms with Crippen molar-refractivity contribution in [1.29, 1.82) is 0 Å². The van der Waals surface area contributed by atoms with Gasteiger partial charge in [0.25, 0.3) is 0 Å². The van der Waals surface area contributed by atoms with Gasteiger partial charge in [-0.25, -0.2) is 4.68 Å². The molecule has 0 spiro atoms. The highest BCUT2D eigenvalue weighted by atomic mass is 32.2. The topological polar surface area (TPSA) is 43.8 Å². The first kappa shape index (κ1) is 10.3. The fourth-order valence-electron chi connectivity index (χ4n) is 1.43. The highest BCUT2D eigenvalue weighted by Crippen LogP contribution is 2.18. The lowest BCUT2D eigenvalue weighted by atomic mass is 10.3. The number of nitrogens with two attached hydrogens (primary N) is 1. The Bertz CT molecular complexity index is 436. The van der Waals surface area contributed by atoms with Crippen LogP contribution in [0.1, 0.15) is 5.69 Å². The third-order valence-corrected chi connectivity index (χ3v) is 2.80. The van der Waals surface area contributed by atoms with Gasteiger partial charge < -0.3 is 5.73 Å². The van der Waals surface area contributed by atoms with Crippen molar-refractivity contribution in [3.8, 4) is 5.69 Å². The summed E-state index contributed by atoms with van der Waals surface area (Å²) in [5.41, 5.74) is 7.77. The smallest absolute Gasteiger partial charge is 0.119 e. The Morgan fingerprint density at radius 1 is 1.33 bits per heavy atom. The molecule has 0 saturated carbocycles. The van der Waals surface area contributed by atoms with E-state index >= 15 is 0 Å². The van der Waals surface area contributed by atoms with Crippen LogP contribution in [-0.4, -0.2) is 16.0 Å². The van der Waals surface area contributed by atoms with E-state index < -0.39 is 0 Å². The monoisotopic (exact) mass is 219 g/mol. The first-order valence-corrected chi connectivity index (χ1v) is 5.96. The minimum absolute atomic E-state index is 0.502. The zero-order valence-corrected chi connectivity index (χ0v) is 9.37. The molecule has 0 aliphatic rings. The standard InChI is InChI=1S/C11H13N3S/c1-15-11-7-10(8-12)14(13-11)9-5-3-2-4-6-9/h2-7H,8,12H2,1H3. The van der Waals surface area contributed by atoms with Gasteiger partial charge in [-0.15, -0.1) is 11.8 Å². The summed E-state index contributed by atoms with van der Waals surface area (Å²) in [5.74, 6) is 0. The van der Waals surface area contributed by atoms with Gasteiger partial charge in [-0.1, -0.05) is 18.2 Å². The molecule has 0 radical (unpaired) electrons. The van der Waals surface area contributed by atoms with Crippen molar-refractivity contribution in [2.75, 3.05) is 6.26 Å². The molecule has 0 amide bonds. The molecule has 0 fully saturated rings. The van der Waals surface area contributed by atoms with Crippen LogP contribution >= 0.6 is 11.8 Å². The fourth-order valence-corrected chi connectivity index (χ4v) is 1.85. The van der Waals surface area contributed by atoms with Gasteiger partial charge in [-0.3, -0.25) is 0 Å². The van der Waals surface area contributed by atoms with E-state index in [4.69, 9.17) is 5.73 Å². The molecule has 0 atom stereocenters. The second kappa shape index (κ2) is 4.51. The van der Waals surface area contributed by atoms with E-state index in [0.717, 1.165) is 16.4 Å². The molecule has 4 heteroatoms. The summed E-state index contributed by atoms with van der Waals surface area (Å²) in [4.78, 5) is 0. The number of thioether (sulfide) groups is 1. The van der Waals surface area contributed by atoms with E-state index in [1.807, 2.05) is 47.3 Å². The molecule has 15 heavy (non-hydrogen) atoms. The Morgan fingerprint density at radius 3 is 2.67 bits per heavy atom. The first-order chi connectivity index (χ1) is 7.35. The van der Waals surface area contributed by atoms with Crippen LogP contribution in [0.25, 0.3) is 5.69 Å². The fraction of sp³-hybridized carbons (Fsp3) is 0.182. The van der Waals surface area contributed by atoms with E-state index in [1.165, 1.54) is 0 Å². The van der Waals surface area contributed by atoms with Crippen molar-refractivity contribution in [1.82, 2.24) is 9.78 Å². The minimum Gasteiger partial charge on any atom is -0.325 e. The van der Waals surface area contributed by atoms with Crippen LogP contribution < -0.4 is 5.73 Å². The molecule has 0 aliphatic heterocycles. The summed E-state index contributed by atoms with van der Waals surface area (Å²) < 4.78 is 1.89. The van der Waals surface area contributed by atoms with Gasteiger partial charge in [-0.05, 0) is 24.5 Å². The average Bonchev–Trinajstić information content (AvgIpc) is 2.73. The van der Waals surface area contributed by atoms with Crippen molar-refractivity contribution in [2.45, 2.75) is 11.6 Å². The number of hydrogen-bond donors (Lipinski definition) is 1. The predicted molar refractivity (Wildman–Crippen MR) is 63.2 cm³/mol. The van der Waals surface area contributed by atoms with E-state index in [-0.39, 0.29) is 0 Å². The molecule has 2 N–H and O–H groups in total. The minimum atomic E-state index is 0.502. The molecule has 0 bridgehead atoms. The average molecular weight is 219 g/mol. The van der Waals surface area contributed by atoms with Crippen LogP contribution in [0.15, 0.2) is 41.4 Å². The van der Waals surface area contributed by atoms with Gasteiger partial charge in [0, 0.05) is 6.54 Å². The summed E-state index contributed by atoms with van der Waals surface area (Å²) in [5, 5.41) is 5.47. The summed E-state index contributed by atoms with van der Waals surface area (Å²) in [6, 6.07) is 12.1. The molecule has 1 aromatic heterocycles. The lowest BCUT2D eigenvalue weighted by molar-refractivity contribution is 0.782. The van der Waals surface area contributed by atoms with Crippen LogP contribution in [0.5, 0.6) is 0 Å². The van der Waals surface area contributed by atoms with Crippen molar-refractivity contribution in [2.24, 2.45) is 5.73 Å². The maximum atomic E-state index is 5.69. The van der Waals surface area contributed by atoms with Crippen LogP contribution in [0, 0.1) is 0 Å². The number of rotatable bonds is 3. The van der Waals surface area contributed by atoms with Crippen LogP contribution in [-0.2, 0) is 6.54 Å². The van der Waals surface area contributed by atoms with E-state index in [1.54, 1.807) is 11.8 Å². The summed E-state index contributed by atoms with van der Waals surface area (Å²) in [7, 11) is 0. The second-order valence-electron chi connectivity index (χ2n) is 3.13. The number of benzene rings is 1. The normalized spacial score (nSPS) is 10.5. The summed E-state index contributed by atoms with van der Waals surface area (Å²) in [6.45, 7) is 0.502. The second-order valence-corrected chi connectivity index (χ2v) is 3.96. The first-order valence-electron chi connectivity index (χ1n) is 4.73. The quantitative estimate of drug-likeness (QED) is 0.803. The molecule has 2 rings (SSSR count). The Balaban J connectivity index is 2.47. The summed E-state index contributed by atoms with van der Waals surface area (Å²) >= 11 is 1.63. The molecular weight excluding hydrogens is 206 g/mol. The molecule has 78 valence electrons. The Kier molecular flexibility index (Phi) is 3.08. The van der Waals surface area contributed by atoms with Crippen molar-refractivity contribution >= 4 is 11.8 Å². The maximum absolute atomic E-state index is 5.69. The lowest BCUT2D eigenvalue weighted by Crippen LogP contribution is -2.06. The number of nitrogens with zero attached hydrogens (tertiary/aromatic N) is 2. The number of hydrogen-bond acceptors (Lipinski definition) is 3. The summed E-state index contributed by atoms with van der Waals surface area (Å²) in [6.07, 6.45) is 2.01. The Labute approximate surface area is 93.3 Å². The van der Waals surface area contributed by atoms with E-state index in [2.05, 4.69) is 5.10 Å². The van der Waals surface area contributed by atoms with Crippen molar-refractivity contribution in [3.63, 3.8) is 0 Å². The number of aromatic nitrogens is 2. The van der Waals surface area contributed by atoms with Crippen LogP contribution in [0.4, 0.5) is 0 Å². The third-order valence-electron chi connectivity index (χ3n) is 2.18. The van der Waals surface area contributed by atoms with Crippen LogP contribution in [0.2, 0.25) is 0 Å². The Hall–Kier alpha value is -1.26. The van der Waals surface area contributed by atoms with Gasteiger partial charge in [0.15, 0.2) is 0 Å².